The minimum Gasteiger partial charge on any atom is -0.455 e. The van der Waals surface area contributed by atoms with Gasteiger partial charge < -0.3 is 10.1 Å². The van der Waals surface area contributed by atoms with Gasteiger partial charge in [0.2, 0.25) is 0 Å². The molecule has 0 aliphatic carbocycles. The lowest BCUT2D eigenvalue weighted by molar-refractivity contribution is -0.148. The number of nitrogens with zero attached hydrogens (tertiary/aromatic N) is 1. The maximum absolute atomic E-state index is 12.2. The molecule has 25 heavy (non-hydrogen) atoms. The molecule has 6 heteroatoms. The first-order chi connectivity index (χ1) is 11.7. The quantitative estimate of drug-likeness (QED) is 0.816. The third-order valence-electron chi connectivity index (χ3n) is 4.26. The molecule has 0 saturated carbocycles. The highest BCUT2D eigenvalue weighted by atomic mass is 16.5. The van der Waals surface area contributed by atoms with Crippen molar-refractivity contribution >= 4 is 17.6 Å². The molecule has 1 atom stereocenters. The zero-order valence-corrected chi connectivity index (χ0v) is 15.6. The Labute approximate surface area is 148 Å². The van der Waals surface area contributed by atoms with E-state index in [2.05, 4.69) is 15.5 Å². The highest BCUT2D eigenvalue weighted by molar-refractivity contribution is 5.94. The van der Waals surface area contributed by atoms with E-state index in [4.69, 9.17) is 4.74 Å². The second-order valence-corrected chi connectivity index (χ2v) is 6.50. The van der Waals surface area contributed by atoms with Crippen LogP contribution in [0.15, 0.2) is 12.1 Å². The Balaban J connectivity index is 1.97. The van der Waals surface area contributed by atoms with Crippen molar-refractivity contribution in [2.24, 2.45) is 0 Å². The topological polar surface area (TPSA) is 84.1 Å². The van der Waals surface area contributed by atoms with E-state index in [-0.39, 0.29) is 12.5 Å². The number of benzene rings is 1. The molecule has 0 saturated heterocycles. The number of anilines is 1. The van der Waals surface area contributed by atoms with E-state index in [1.165, 1.54) is 0 Å². The van der Waals surface area contributed by atoms with Crippen LogP contribution in [0.1, 0.15) is 46.5 Å². The molecule has 0 fully saturated rings. The van der Waals surface area contributed by atoms with Gasteiger partial charge in [0.15, 0.2) is 6.61 Å². The monoisotopic (exact) mass is 343 g/mol. The standard InChI is InChI=1S/C19H25N3O3/c1-10-7-11(2)18(12(3)8-10)20-16(23)9-25-19(24)13(4)17-14(5)21-22-15(17)6/h7-8,13H,9H2,1-6H3,(H,20,23)(H,21,22). The van der Waals surface area contributed by atoms with Crippen molar-refractivity contribution in [1.29, 1.82) is 0 Å². The van der Waals surface area contributed by atoms with E-state index in [0.29, 0.717) is 0 Å². The van der Waals surface area contributed by atoms with Gasteiger partial charge in [-0.3, -0.25) is 14.7 Å². The summed E-state index contributed by atoms with van der Waals surface area (Å²) in [6, 6.07) is 4.00. The van der Waals surface area contributed by atoms with Crippen molar-refractivity contribution in [2.45, 2.75) is 47.5 Å². The van der Waals surface area contributed by atoms with Crippen LogP contribution in [0.5, 0.6) is 0 Å². The number of rotatable bonds is 5. The Kier molecular flexibility index (Phi) is 5.62. The highest BCUT2D eigenvalue weighted by Crippen LogP contribution is 2.23. The van der Waals surface area contributed by atoms with Gasteiger partial charge >= 0.3 is 5.97 Å². The maximum Gasteiger partial charge on any atom is 0.313 e. The van der Waals surface area contributed by atoms with Crippen LogP contribution in [0.3, 0.4) is 0 Å². The molecule has 1 heterocycles. The average Bonchev–Trinajstić information content (AvgIpc) is 2.86. The van der Waals surface area contributed by atoms with E-state index >= 15 is 0 Å². The summed E-state index contributed by atoms with van der Waals surface area (Å²) in [5, 5.41) is 9.76. The summed E-state index contributed by atoms with van der Waals surface area (Å²) >= 11 is 0. The highest BCUT2D eigenvalue weighted by Gasteiger charge is 2.23. The van der Waals surface area contributed by atoms with Crippen molar-refractivity contribution < 1.29 is 14.3 Å². The number of nitrogens with one attached hydrogen (secondary N) is 2. The number of H-pyrrole nitrogens is 1. The summed E-state index contributed by atoms with van der Waals surface area (Å²) in [5.74, 6) is -1.27. The molecule has 0 spiro atoms. The van der Waals surface area contributed by atoms with E-state index < -0.39 is 11.9 Å². The number of aromatic nitrogens is 2. The van der Waals surface area contributed by atoms with Crippen LogP contribution >= 0.6 is 0 Å². The van der Waals surface area contributed by atoms with Crippen molar-refractivity contribution in [3.05, 3.63) is 45.8 Å². The second kappa shape index (κ2) is 7.51. The molecule has 1 amide bonds. The van der Waals surface area contributed by atoms with Gasteiger partial charge in [0.1, 0.15) is 0 Å². The van der Waals surface area contributed by atoms with Crippen LogP contribution in [0.2, 0.25) is 0 Å². The molecule has 6 nitrogen and oxygen atoms in total. The second-order valence-electron chi connectivity index (χ2n) is 6.50. The van der Waals surface area contributed by atoms with E-state index in [1.807, 2.05) is 46.8 Å². The minimum atomic E-state index is -0.477. The minimum absolute atomic E-state index is 0.314. The predicted octanol–water partition coefficient (Wildman–Crippen LogP) is 3.24. The number of aromatic amines is 1. The first-order valence-corrected chi connectivity index (χ1v) is 8.26. The van der Waals surface area contributed by atoms with Crippen LogP contribution < -0.4 is 5.32 Å². The van der Waals surface area contributed by atoms with E-state index in [0.717, 1.165) is 39.3 Å². The molecule has 0 radical (unpaired) electrons. The number of hydrogen-bond acceptors (Lipinski definition) is 4. The first-order valence-electron chi connectivity index (χ1n) is 8.26. The fraction of sp³-hybridized carbons (Fsp3) is 0.421. The summed E-state index contributed by atoms with van der Waals surface area (Å²) < 4.78 is 5.18. The number of carbonyl (C=O) groups is 2. The molecule has 2 rings (SSSR count). The smallest absolute Gasteiger partial charge is 0.313 e. The number of amides is 1. The normalized spacial score (nSPS) is 11.9. The van der Waals surface area contributed by atoms with Crippen LogP contribution in [-0.2, 0) is 14.3 Å². The Morgan fingerprint density at radius 3 is 2.28 bits per heavy atom. The number of ether oxygens (including phenoxy) is 1. The first kappa shape index (κ1) is 18.7. The van der Waals surface area contributed by atoms with Gasteiger partial charge in [-0.15, -0.1) is 0 Å². The summed E-state index contributed by atoms with van der Waals surface area (Å²) in [7, 11) is 0. The van der Waals surface area contributed by atoms with Crippen LogP contribution in [0, 0.1) is 34.6 Å². The largest absolute Gasteiger partial charge is 0.455 e. The van der Waals surface area contributed by atoms with E-state index in [9.17, 15) is 9.59 Å². The molecular formula is C19H25N3O3. The molecular weight excluding hydrogens is 318 g/mol. The van der Waals surface area contributed by atoms with Gasteiger partial charge in [-0.25, -0.2) is 0 Å². The van der Waals surface area contributed by atoms with Crippen LogP contribution in [0.4, 0.5) is 5.69 Å². The van der Waals surface area contributed by atoms with Gasteiger partial charge in [0.25, 0.3) is 5.91 Å². The number of carbonyl (C=O) groups excluding carboxylic acids is 2. The van der Waals surface area contributed by atoms with Crippen LogP contribution in [-0.4, -0.2) is 28.7 Å². The zero-order valence-electron chi connectivity index (χ0n) is 15.6. The van der Waals surface area contributed by atoms with Gasteiger partial charge in [0, 0.05) is 16.9 Å². The average molecular weight is 343 g/mol. The van der Waals surface area contributed by atoms with Crippen molar-refractivity contribution in [3.63, 3.8) is 0 Å². The maximum atomic E-state index is 12.2. The number of esters is 1. The number of aryl methyl sites for hydroxylation is 5. The lowest BCUT2D eigenvalue weighted by atomic mass is 9.99. The Bertz CT molecular complexity index is 766. The van der Waals surface area contributed by atoms with Crippen LogP contribution in [0.25, 0.3) is 0 Å². The molecule has 1 unspecified atom stereocenters. The van der Waals surface area contributed by atoms with Gasteiger partial charge in [-0.05, 0) is 52.7 Å². The molecule has 0 aliphatic rings. The van der Waals surface area contributed by atoms with Crippen molar-refractivity contribution in [1.82, 2.24) is 10.2 Å². The lowest BCUT2D eigenvalue weighted by Crippen LogP contribution is -2.24. The molecule has 0 aliphatic heterocycles. The Hall–Kier alpha value is -2.63. The van der Waals surface area contributed by atoms with Crippen molar-refractivity contribution in [2.75, 3.05) is 11.9 Å². The molecule has 0 bridgehead atoms. The molecule has 134 valence electrons. The van der Waals surface area contributed by atoms with E-state index in [1.54, 1.807) is 6.92 Å². The third-order valence-corrected chi connectivity index (χ3v) is 4.26. The molecule has 1 aromatic carbocycles. The van der Waals surface area contributed by atoms with Crippen molar-refractivity contribution in [3.8, 4) is 0 Å². The Morgan fingerprint density at radius 1 is 1.16 bits per heavy atom. The zero-order chi connectivity index (χ0) is 18.7. The predicted molar refractivity (Wildman–Crippen MR) is 96.7 cm³/mol. The number of hydrogen-bond donors (Lipinski definition) is 2. The lowest BCUT2D eigenvalue weighted by Gasteiger charge is -2.14. The fourth-order valence-electron chi connectivity index (χ4n) is 3.13. The molecule has 2 aromatic rings. The summed E-state index contributed by atoms with van der Waals surface area (Å²) in [6.45, 7) is 11.0. The Morgan fingerprint density at radius 2 is 1.76 bits per heavy atom. The molecule has 1 aromatic heterocycles. The summed E-state index contributed by atoms with van der Waals surface area (Å²) in [5.41, 5.74) is 6.27. The SMILES string of the molecule is Cc1cc(C)c(NC(=O)COC(=O)C(C)c2c(C)n[nH]c2C)c(C)c1. The fourth-order valence-corrected chi connectivity index (χ4v) is 3.13. The van der Waals surface area contributed by atoms with Gasteiger partial charge in [0.05, 0.1) is 11.6 Å². The third kappa shape index (κ3) is 4.26. The van der Waals surface area contributed by atoms with Gasteiger partial charge in [-0.1, -0.05) is 17.7 Å². The summed E-state index contributed by atoms with van der Waals surface area (Å²) in [4.78, 5) is 24.4. The summed E-state index contributed by atoms with van der Waals surface area (Å²) in [6.07, 6.45) is 0. The van der Waals surface area contributed by atoms with Gasteiger partial charge in [-0.2, -0.15) is 5.10 Å². The molecule has 2 N–H and O–H groups in total.